The molecule has 1 saturated heterocycles. The van der Waals surface area contributed by atoms with E-state index in [2.05, 4.69) is 16.7 Å². The van der Waals surface area contributed by atoms with Crippen LogP contribution in [0.1, 0.15) is 19.8 Å². The van der Waals surface area contributed by atoms with Crippen molar-refractivity contribution in [2.45, 2.75) is 19.8 Å². The van der Waals surface area contributed by atoms with E-state index < -0.39 is 10.0 Å². The molecule has 0 amide bonds. The van der Waals surface area contributed by atoms with Gasteiger partial charge in [-0.15, -0.1) is 0 Å². The molecule has 0 aliphatic carbocycles. The van der Waals surface area contributed by atoms with Gasteiger partial charge in [0.1, 0.15) is 5.82 Å². The first-order valence-corrected chi connectivity index (χ1v) is 9.19. The quantitative estimate of drug-likeness (QED) is 0.794. The number of allylic oxidation sites excluding steroid dienone is 1. The normalized spacial score (nSPS) is 16.3. The molecular formula is C17H21FN2O2S. The first-order chi connectivity index (χ1) is 11.0. The summed E-state index contributed by atoms with van der Waals surface area (Å²) in [7, 11) is -3.42. The van der Waals surface area contributed by atoms with E-state index in [1.54, 1.807) is 12.1 Å². The second-order valence-electron chi connectivity index (χ2n) is 5.28. The Labute approximate surface area is 137 Å². The third-order valence-electron chi connectivity index (χ3n) is 3.59. The molecule has 1 heterocycles. The van der Waals surface area contributed by atoms with Gasteiger partial charge in [-0.25, -0.2) is 12.8 Å². The van der Waals surface area contributed by atoms with Crippen LogP contribution in [0.5, 0.6) is 0 Å². The Morgan fingerprint density at radius 3 is 2.43 bits per heavy atom. The first kappa shape index (κ1) is 17.5. The van der Waals surface area contributed by atoms with Crippen molar-refractivity contribution in [2.24, 2.45) is 0 Å². The van der Waals surface area contributed by atoms with Crippen LogP contribution in [0.3, 0.4) is 0 Å². The fraction of sp³-hybridized carbons (Fsp3) is 0.412. The largest absolute Gasteiger partial charge is 0.369 e. The predicted molar refractivity (Wildman–Crippen MR) is 90.9 cm³/mol. The highest BCUT2D eigenvalue weighted by molar-refractivity contribution is 7.92. The van der Waals surface area contributed by atoms with E-state index in [4.69, 9.17) is 0 Å². The number of hydrogen-bond acceptors (Lipinski definition) is 3. The summed E-state index contributed by atoms with van der Waals surface area (Å²) in [4.78, 5) is 2.05. The second kappa shape index (κ2) is 8.14. The van der Waals surface area contributed by atoms with E-state index in [-0.39, 0.29) is 5.82 Å². The molecule has 1 fully saturated rings. The number of anilines is 1. The molecule has 1 aromatic rings. The summed E-state index contributed by atoms with van der Waals surface area (Å²) in [6.07, 6.45) is 3.12. The first-order valence-electron chi connectivity index (χ1n) is 7.68. The highest BCUT2D eigenvalue weighted by atomic mass is 32.2. The average Bonchev–Trinajstić information content (AvgIpc) is 2.55. The molecule has 1 aliphatic heterocycles. The van der Waals surface area contributed by atoms with E-state index in [1.807, 2.05) is 6.92 Å². The maximum Gasteiger partial charge on any atom is 0.236 e. The molecule has 0 saturated carbocycles. The van der Waals surface area contributed by atoms with Crippen molar-refractivity contribution >= 4 is 15.7 Å². The smallest absolute Gasteiger partial charge is 0.236 e. The standard InChI is InChI=1S/C17H21FN2O2S/c1-2-3-4-5-6-15-23(21,22)20-13-11-19(12-14-20)17-9-7-16(18)8-10-17/h6-10,15H,2-3,11-14H2,1H3/b15-6+. The Morgan fingerprint density at radius 2 is 1.83 bits per heavy atom. The van der Waals surface area contributed by atoms with Crippen LogP contribution in [0.15, 0.2) is 35.7 Å². The summed E-state index contributed by atoms with van der Waals surface area (Å²) in [5.41, 5.74) is 0.907. The van der Waals surface area contributed by atoms with Crippen molar-refractivity contribution in [1.29, 1.82) is 0 Å². The van der Waals surface area contributed by atoms with Gasteiger partial charge < -0.3 is 4.90 Å². The van der Waals surface area contributed by atoms with Gasteiger partial charge in [-0.3, -0.25) is 0 Å². The predicted octanol–water partition coefficient (Wildman–Crippen LogP) is 2.59. The van der Waals surface area contributed by atoms with Gasteiger partial charge in [0.05, 0.1) is 5.41 Å². The average molecular weight is 336 g/mol. The fourth-order valence-electron chi connectivity index (χ4n) is 2.31. The zero-order valence-electron chi connectivity index (χ0n) is 13.2. The Morgan fingerprint density at radius 1 is 1.17 bits per heavy atom. The van der Waals surface area contributed by atoms with E-state index in [0.29, 0.717) is 26.2 Å². The molecule has 0 atom stereocenters. The molecule has 0 spiro atoms. The summed E-state index contributed by atoms with van der Waals surface area (Å²) in [6, 6.07) is 6.25. The van der Waals surface area contributed by atoms with Crippen LogP contribution in [0.4, 0.5) is 10.1 Å². The maximum atomic E-state index is 12.9. The Bertz CT molecular complexity index is 694. The van der Waals surface area contributed by atoms with E-state index in [1.165, 1.54) is 27.9 Å². The molecule has 1 aromatic carbocycles. The fourth-order valence-corrected chi connectivity index (χ4v) is 3.40. The third-order valence-corrected chi connectivity index (χ3v) is 5.16. The van der Waals surface area contributed by atoms with Crippen molar-refractivity contribution in [1.82, 2.24) is 4.31 Å². The molecule has 4 nitrogen and oxygen atoms in total. The number of sulfonamides is 1. The highest BCUT2D eigenvalue weighted by Crippen LogP contribution is 2.18. The molecule has 0 bridgehead atoms. The second-order valence-corrected chi connectivity index (χ2v) is 7.10. The molecule has 23 heavy (non-hydrogen) atoms. The van der Waals surface area contributed by atoms with Crippen LogP contribution in [0.2, 0.25) is 0 Å². The number of rotatable bonds is 4. The Kier molecular flexibility index (Phi) is 6.20. The lowest BCUT2D eigenvalue weighted by Crippen LogP contribution is -2.48. The van der Waals surface area contributed by atoms with Crippen LogP contribution in [0, 0.1) is 17.7 Å². The maximum absolute atomic E-state index is 12.9. The van der Waals surface area contributed by atoms with Crippen LogP contribution >= 0.6 is 0 Å². The van der Waals surface area contributed by atoms with Crippen LogP contribution in [0.25, 0.3) is 0 Å². The van der Waals surface area contributed by atoms with Crippen molar-refractivity contribution in [2.75, 3.05) is 31.1 Å². The lowest BCUT2D eigenvalue weighted by atomic mass is 10.2. The zero-order valence-corrected chi connectivity index (χ0v) is 14.0. The third kappa shape index (κ3) is 5.08. The molecule has 2 rings (SSSR count). The van der Waals surface area contributed by atoms with E-state index in [0.717, 1.165) is 18.5 Å². The van der Waals surface area contributed by atoms with Crippen molar-refractivity contribution in [3.05, 3.63) is 41.6 Å². The minimum Gasteiger partial charge on any atom is -0.369 e. The zero-order chi connectivity index (χ0) is 16.7. The lowest BCUT2D eigenvalue weighted by molar-refractivity contribution is 0.390. The van der Waals surface area contributed by atoms with Crippen LogP contribution in [-0.2, 0) is 10.0 Å². The topological polar surface area (TPSA) is 40.6 Å². The Hall–Kier alpha value is -1.84. The molecule has 0 radical (unpaired) electrons. The Balaban J connectivity index is 1.93. The molecule has 0 unspecified atom stereocenters. The molecule has 0 N–H and O–H groups in total. The highest BCUT2D eigenvalue weighted by Gasteiger charge is 2.24. The van der Waals surface area contributed by atoms with Crippen molar-refractivity contribution < 1.29 is 12.8 Å². The molecule has 1 aliphatic rings. The number of unbranched alkanes of at least 4 members (excludes halogenated alkanes) is 1. The molecule has 124 valence electrons. The van der Waals surface area contributed by atoms with Crippen LogP contribution < -0.4 is 4.90 Å². The molecular weight excluding hydrogens is 315 g/mol. The van der Waals surface area contributed by atoms with Gasteiger partial charge >= 0.3 is 0 Å². The van der Waals surface area contributed by atoms with Gasteiger partial charge in [0.15, 0.2) is 0 Å². The van der Waals surface area contributed by atoms with Crippen LogP contribution in [-0.4, -0.2) is 38.9 Å². The van der Waals surface area contributed by atoms with Gasteiger partial charge in [-0.05, 0) is 30.7 Å². The number of benzene rings is 1. The number of piperazine rings is 1. The monoisotopic (exact) mass is 336 g/mol. The number of hydrogen-bond donors (Lipinski definition) is 0. The van der Waals surface area contributed by atoms with Gasteiger partial charge in [0.2, 0.25) is 10.0 Å². The molecule has 6 heteroatoms. The summed E-state index contributed by atoms with van der Waals surface area (Å²) in [5, 5.41) is 1.17. The lowest BCUT2D eigenvalue weighted by Gasteiger charge is -2.34. The SMILES string of the molecule is CCCC#C/C=C/S(=O)(=O)N1CCN(c2ccc(F)cc2)CC1. The van der Waals surface area contributed by atoms with Gasteiger partial charge in [0.25, 0.3) is 0 Å². The van der Waals surface area contributed by atoms with E-state index in [9.17, 15) is 12.8 Å². The van der Waals surface area contributed by atoms with Crippen molar-refractivity contribution in [3.63, 3.8) is 0 Å². The minimum absolute atomic E-state index is 0.274. The minimum atomic E-state index is -3.42. The summed E-state index contributed by atoms with van der Waals surface area (Å²) in [6.45, 7) is 4.01. The van der Waals surface area contributed by atoms with Gasteiger partial charge in [-0.2, -0.15) is 4.31 Å². The van der Waals surface area contributed by atoms with Gasteiger partial charge in [0, 0.05) is 44.4 Å². The van der Waals surface area contributed by atoms with E-state index >= 15 is 0 Å². The summed E-state index contributed by atoms with van der Waals surface area (Å²) < 4.78 is 38.8. The number of nitrogens with zero attached hydrogens (tertiary/aromatic N) is 2. The number of halogens is 1. The van der Waals surface area contributed by atoms with Gasteiger partial charge in [-0.1, -0.05) is 18.8 Å². The summed E-state index contributed by atoms with van der Waals surface area (Å²) in [5.74, 6) is 5.35. The van der Waals surface area contributed by atoms with Crippen molar-refractivity contribution in [3.8, 4) is 11.8 Å². The summed E-state index contributed by atoms with van der Waals surface area (Å²) >= 11 is 0. The molecule has 0 aromatic heterocycles.